The number of non-ortho nitro benzene ring substituents is 1. The van der Waals surface area contributed by atoms with Gasteiger partial charge in [-0.25, -0.2) is 0 Å². The summed E-state index contributed by atoms with van der Waals surface area (Å²) >= 11 is 0. The Kier molecular flexibility index (Phi) is 8.89. The number of carbonyl (C=O) groups is 1. The second-order valence-electron chi connectivity index (χ2n) is 5.33. The summed E-state index contributed by atoms with van der Waals surface area (Å²) in [6, 6.07) is 6.45. The molecule has 1 aromatic rings. The largest absolute Gasteiger partial charge is 0.368 e. The van der Waals surface area contributed by atoms with E-state index in [0.29, 0.717) is 32.6 Å². The summed E-state index contributed by atoms with van der Waals surface area (Å²) in [5, 5.41) is 10.8. The molecule has 0 spiro atoms. The minimum absolute atomic E-state index is 0. The Hall–Kier alpha value is -1.57. The molecule has 0 aromatic heterocycles. The van der Waals surface area contributed by atoms with Crippen LogP contribution in [0.1, 0.15) is 13.3 Å². The van der Waals surface area contributed by atoms with Gasteiger partial charge in [-0.15, -0.1) is 24.8 Å². The zero-order chi connectivity index (χ0) is 15.4. The minimum Gasteiger partial charge on any atom is -0.368 e. The van der Waals surface area contributed by atoms with Gasteiger partial charge in [-0.1, -0.05) is 6.07 Å². The highest BCUT2D eigenvalue weighted by atomic mass is 35.5. The van der Waals surface area contributed by atoms with Gasteiger partial charge in [-0.3, -0.25) is 14.9 Å². The van der Waals surface area contributed by atoms with Gasteiger partial charge >= 0.3 is 0 Å². The van der Waals surface area contributed by atoms with Crippen LogP contribution in [0, 0.1) is 10.1 Å². The molecule has 1 aliphatic heterocycles. The first-order valence-corrected chi connectivity index (χ1v) is 7.00. The fourth-order valence-electron chi connectivity index (χ4n) is 2.42. The minimum atomic E-state index is -0.397. The number of nitrogens with two attached hydrogens (primary N) is 1. The first-order chi connectivity index (χ1) is 9.97. The highest BCUT2D eigenvalue weighted by molar-refractivity contribution is 5.85. The normalized spacial score (nSPS) is 15.2. The van der Waals surface area contributed by atoms with Crippen LogP contribution in [0.25, 0.3) is 0 Å². The Morgan fingerprint density at radius 3 is 2.43 bits per heavy atom. The van der Waals surface area contributed by atoms with Gasteiger partial charge in [-0.2, -0.15) is 0 Å². The zero-order valence-electron chi connectivity index (χ0n) is 12.9. The maximum Gasteiger partial charge on any atom is 0.271 e. The van der Waals surface area contributed by atoms with E-state index in [9.17, 15) is 14.9 Å². The average molecular weight is 365 g/mol. The van der Waals surface area contributed by atoms with Crippen LogP contribution >= 0.6 is 24.8 Å². The van der Waals surface area contributed by atoms with Crippen molar-refractivity contribution in [2.45, 2.75) is 19.4 Å². The lowest BCUT2D eigenvalue weighted by molar-refractivity contribution is -0.384. The summed E-state index contributed by atoms with van der Waals surface area (Å²) in [5.74, 6) is 0.0729. The Morgan fingerprint density at radius 1 is 1.30 bits per heavy atom. The average Bonchev–Trinajstić information content (AvgIpc) is 2.47. The number of nitrogens with zero attached hydrogens (tertiary/aromatic N) is 3. The van der Waals surface area contributed by atoms with Gasteiger partial charge in [0.15, 0.2) is 0 Å². The molecule has 1 atom stereocenters. The Balaban J connectivity index is 0.00000242. The van der Waals surface area contributed by atoms with Crippen molar-refractivity contribution in [3.8, 4) is 0 Å². The van der Waals surface area contributed by atoms with E-state index in [0.717, 1.165) is 5.69 Å². The molecular formula is C14H22Cl2N4O3. The molecule has 1 saturated heterocycles. The second-order valence-corrected chi connectivity index (χ2v) is 5.33. The fraction of sp³-hybridized carbons (Fsp3) is 0.500. The smallest absolute Gasteiger partial charge is 0.271 e. The highest BCUT2D eigenvalue weighted by Gasteiger charge is 2.22. The zero-order valence-corrected chi connectivity index (χ0v) is 14.5. The van der Waals surface area contributed by atoms with Crippen molar-refractivity contribution in [1.29, 1.82) is 0 Å². The topological polar surface area (TPSA) is 92.7 Å². The van der Waals surface area contributed by atoms with Crippen LogP contribution in [0.5, 0.6) is 0 Å². The van der Waals surface area contributed by atoms with Gasteiger partial charge < -0.3 is 15.5 Å². The van der Waals surface area contributed by atoms with E-state index in [1.165, 1.54) is 6.07 Å². The molecule has 1 heterocycles. The molecule has 1 unspecified atom stereocenters. The van der Waals surface area contributed by atoms with E-state index < -0.39 is 4.92 Å². The quantitative estimate of drug-likeness (QED) is 0.649. The van der Waals surface area contributed by atoms with Gasteiger partial charge in [0.05, 0.1) is 4.92 Å². The molecule has 0 saturated carbocycles. The molecule has 1 aliphatic rings. The van der Waals surface area contributed by atoms with Gasteiger partial charge in [0.25, 0.3) is 5.69 Å². The molecule has 7 nitrogen and oxygen atoms in total. The van der Waals surface area contributed by atoms with Crippen LogP contribution < -0.4 is 10.6 Å². The van der Waals surface area contributed by atoms with E-state index in [1.54, 1.807) is 17.0 Å². The Bertz CT molecular complexity index is 535. The monoisotopic (exact) mass is 364 g/mol. The summed E-state index contributed by atoms with van der Waals surface area (Å²) in [6.45, 7) is 4.40. The lowest BCUT2D eigenvalue weighted by Gasteiger charge is -2.36. The molecule has 1 fully saturated rings. The lowest BCUT2D eigenvalue weighted by Crippen LogP contribution is -2.49. The van der Waals surface area contributed by atoms with Gasteiger partial charge in [0, 0.05) is 56.5 Å². The molecule has 0 aliphatic carbocycles. The third-order valence-electron chi connectivity index (χ3n) is 3.53. The molecular weight excluding hydrogens is 343 g/mol. The second kappa shape index (κ2) is 9.54. The number of halogens is 2. The van der Waals surface area contributed by atoms with E-state index in [4.69, 9.17) is 5.73 Å². The van der Waals surface area contributed by atoms with Crippen LogP contribution in [0.4, 0.5) is 11.4 Å². The fourth-order valence-corrected chi connectivity index (χ4v) is 2.42. The van der Waals surface area contributed by atoms with Crippen LogP contribution in [0.15, 0.2) is 24.3 Å². The molecule has 0 bridgehead atoms. The molecule has 2 rings (SSSR count). The maximum absolute atomic E-state index is 11.9. The van der Waals surface area contributed by atoms with Crippen LogP contribution in [-0.4, -0.2) is 48.0 Å². The summed E-state index contributed by atoms with van der Waals surface area (Å²) in [7, 11) is 0. The number of anilines is 1. The molecule has 9 heteroatoms. The van der Waals surface area contributed by atoms with Crippen molar-refractivity contribution in [1.82, 2.24) is 4.90 Å². The van der Waals surface area contributed by atoms with Gasteiger partial charge in [0.1, 0.15) is 0 Å². The number of nitro benzene ring substituents is 1. The van der Waals surface area contributed by atoms with E-state index in [-0.39, 0.29) is 42.5 Å². The number of carbonyl (C=O) groups excluding carboxylic acids is 1. The maximum atomic E-state index is 11.9. The molecule has 1 aromatic carbocycles. The summed E-state index contributed by atoms with van der Waals surface area (Å²) < 4.78 is 0. The van der Waals surface area contributed by atoms with Crippen molar-refractivity contribution in [3.63, 3.8) is 0 Å². The molecule has 23 heavy (non-hydrogen) atoms. The third kappa shape index (κ3) is 5.85. The van der Waals surface area contributed by atoms with Crippen LogP contribution in [0.2, 0.25) is 0 Å². The first kappa shape index (κ1) is 21.4. The standard InChI is InChI=1S/C14H20N4O3.2ClH/c1-11(15)9-14(19)17-7-5-16(6-8-17)12-3-2-4-13(10-12)18(20)21;;/h2-4,10-11H,5-9,15H2,1H3;2*1H. The number of piperazine rings is 1. The molecule has 1 amide bonds. The predicted molar refractivity (Wildman–Crippen MR) is 94.7 cm³/mol. The Morgan fingerprint density at radius 2 is 1.91 bits per heavy atom. The van der Waals surface area contributed by atoms with Crippen molar-refractivity contribution >= 4 is 42.1 Å². The highest BCUT2D eigenvalue weighted by Crippen LogP contribution is 2.22. The van der Waals surface area contributed by atoms with Crippen molar-refractivity contribution < 1.29 is 9.72 Å². The van der Waals surface area contributed by atoms with Crippen molar-refractivity contribution in [2.24, 2.45) is 5.73 Å². The number of hydrogen-bond donors (Lipinski definition) is 1. The third-order valence-corrected chi connectivity index (χ3v) is 3.53. The van der Waals surface area contributed by atoms with Gasteiger partial charge in [-0.05, 0) is 13.0 Å². The number of hydrogen-bond acceptors (Lipinski definition) is 5. The van der Waals surface area contributed by atoms with Crippen LogP contribution in [-0.2, 0) is 4.79 Å². The first-order valence-electron chi connectivity index (χ1n) is 7.00. The predicted octanol–water partition coefficient (Wildman–Crippen LogP) is 1.82. The van der Waals surface area contributed by atoms with Crippen molar-refractivity contribution in [2.75, 3.05) is 31.1 Å². The molecule has 2 N–H and O–H groups in total. The van der Waals surface area contributed by atoms with Crippen molar-refractivity contribution in [3.05, 3.63) is 34.4 Å². The number of rotatable bonds is 4. The number of benzene rings is 1. The van der Waals surface area contributed by atoms with E-state index in [2.05, 4.69) is 4.90 Å². The lowest BCUT2D eigenvalue weighted by atomic mass is 10.2. The van der Waals surface area contributed by atoms with E-state index >= 15 is 0 Å². The number of amides is 1. The summed E-state index contributed by atoms with van der Waals surface area (Å²) in [5.41, 5.74) is 6.55. The summed E-state index contributed by atoms with van der Waals surface area (Å²) in [6.07, 6.45) is 0.358. The summed E-state index contributed by atoms with van der Waals surface area (Å²) in [4.78, 5) is 26.2. The Labute approximate surface area is 147 Å². The molecule has 130 valence electrons. The van der Waals surface area contributed by atoms with Crippen LogP contribution in [0.3, 0.4) is 0 Å². The molecule has 0 radical (unpaired) electrons. The number of nitro groups is 1. The SMILES string of the molecule is CC(N)CC(=O)N1CCN(c2cccc([N+](=O)[O-])c2)CC1.Cl.Cl. The van der Waals surface area contributed by atoms with E-state index in [1.807, 2.05) is 13.0 Å². The van der Waals surface area contributed by atoms with Gasteiger partial charge in [0.2, 0.25) is 5.91 Å².